The predicted octanol–water partition coefficient (Wildman–Crippen LogP) is 2.88. The first-order valence-electron chi connectivity index (χ1n) is 6.61. The molecule has 0 radical (unpaired) electrons. The van der Waals surface area contributed by atoms with Gasteiger partial charge in [0.15, 0.2) is 0 Å². The topological polar surface area (TPSA) is 46.2 Å². The molecule has 1 aromatic carbocycles. The fraction of sp³-hybridized carbons (Fsp3) is 0.375. The molecular weight excluding hydrogens is 254 g/mol. The SMILES string of the molecule is Cc1ccc(C(CN)(CO)CCc2cccs2)cc1. The van der Waals surface area contributed by atoms with E-state index >= 15 is 0 Å². The summed E-state index contributed by atoms with van der Waals surface area (Å²) in [5, 5.41) is 11.9. The average Bonchev–Trinajstić information content (AvgIpc) is 2.95. The Balaban J connectivity index is 2.19. The van der Waals surface area contributed by atoms with Gasteiger partial charge in [-0.15, -0.1) is 11.3 Å². The molecule has 1 unspecified atom stereocenters. The number of hydrogen-bond acceptors (Lipinski definition) is 3. The number of rotatable bonds is 6. The Hall–Kier alpha value is -1.16. The Morgan fingerprint density at radius 2 is 1.95 bits per heavy atom. The lowest BCUT2D eigenvalue weighted by Gasteiger charge is -2.31. The molecule has 0 saturated heterocycles. The van der Waals surface area contributed by atoms with Crippen molar-refractivity contribution in [3.63, 3.8) is 0 Å². The molecule has 1 heterocycles. The summed E-state index contributed by atoms with van der Waals surface area (Å²) in [5.41, 5.74) is 8.02. The minimum atomic E-state index is -0.322. The lowest BCUT2D eigenvalue weighted by Crippen LogP contribution is -2.39. The standard InChI is InChI=1S/C16H21NOS/c1-13-4-6-14(7-5-13)16(11-17,12-18)9-8-15-3-2-10-19-15/h2-7,10,18H,8-9,11-12,17H2,1H3. The summed E-state index contributed by atoms with van der Waals surface area (Å²) in [5.74, 6) is 0. The van der Waals surface area contributed by atoms with Crippen molar-refractivity contribution in [2.75, 3.05) is 13.2 Å². The minimum Gasteiger partial charge on any atom is -0.395 e. The lowest BCUT2D eigenvalue weighted by atomic mass is 9.77. The van der Waals surface area contributed by atoms with E-state index in [1.54, 1.807) is 11.3 Å². The van der Waals surface area contributed by atoms with Gasteiger partial charge in [-0.05, 0) is 36.8 Å². The highest BCUT2D eigenvalue weighted by atomic mass is 32.1. The Labute approximate surface area is 118 Å². The van der Waals surface area contributed by atoms with E-state index in [-0.39, 0.29) is 12.0 Å². The van der Waals surface area contributed by atoms with E-state index in [0.29, 0.717) is 6.54 Å². The van der Waals surface area contributed by atoms with Crippen LogP contribution in [0.3, 0.4) is 0 Å². The first-order chi connectivity index (χ1) is 9.20. The van der Waals surface area contributed by atoms with Crippen molar-refractivity contribution in [2.45, 2.75) is 25.2 Å². The molecule has 2 aromatic rings. The quantitative estimate of drug-likeness (QED) is 0.851. The molecule has 0 aliphatic carbocycles. The molecule has 0 aliphatic heterocycles. The first-order valence-corrected chi connectivity index (χ1v) is 7.48. The van der Waals surface area contributed by atoms with Crippen LogP contribution in [0, 0.1) is 6.92 Å². The number of hydrogen-bond donors (Lipinski definition) is 2. The van der Waals surface area contributed by atoms with Crippen molar-refractivity contribution >= 4 is 11.3 Å². The fourth-order valence-corrected chi connectivity index (χ4v) is 3.03. The molecule has 102 valence electrons. The monoisotopic (exact) mass is 275 g/mol. The van der Waals surface area contributed by atoms with Gasteiger partial charge in [-0.1, -0.05) is 35.9 Å². The maximum Gasteiger partial charge on any atom is 0.0540 e. The van der Waals surface area contributed by atoms with Crippen LogP contribution in [0.2, 0.25) is 0 Å². The van der Waals surface area contributed by atoms with Crippen molar-refractivity contribution < 1.29 is 5.11 Å². The van der Waals surface area contributed by atoms with Gasteiger partial charge in [-0.2, -0.15) is 0 Å². The normalized spacial score (nSPS) is 14.3. The molecule has 2 nitrogen and oxygen atoms in total. The summed E-state index contributed by atoms with van der Waals surface area (Å²) in [6.07, 6.45) is 1.84. The first kappa shape index (κ1) is 14.3. The molecule has 0 saturated carbocycles. The zero-order chi connectivity index (χ0) is 13.7. The molecule has 0 aliphatic rings. The maximum atomic E-state index is 9.85. The Bertz CT molecular complexity index is 486. The molecule has 1 atom stereocenters. The molecule has 19 heavy (non-hydrogen) atoms. The van der Waals surface area contributed by atoms with Gasteiger partial charge in [-0.25, -0.2) is 0 Å². The second-order valence-electron chi connectivity index (χ2n) is 5.09. The van der Waals surface area contributed by atoms with Crippen molar-refractivity contribution in [2.24, 2.45) is 5.73 Å². The van der Waals surface area contributed by atoms with Crippen LogP contribution in [0.1, 0.15) is 22.4 Å². The van der Waals surface area contributed by atoms with E-state index in [0.717, 1.165) is 18.4 Å². The van der Waals surface area contributed by atoms with E-state index in [2.05, 4.69) is 48.7 Å². The van der Waals surface area contributed by atoms with Crippen molar-refractivity contribution in [1.82, 2.24) is 0 Å². The summed E-state index contributed by atoms with van der Waals surface area (Å²) in [7, 11) is 0. The van der Waals surface area contributed by atoms with Crippen LogP contribution < -0.4 is 5.73 Å². The van der Waals surface area contributed by atoms with Crippen molar-refractivity contribution in [1.29, 1.82) is 0 Å². The van der Waals surface area contributed by atoms with Crippen molar-refractivity contribution in [3.8, 4) is 0 Å². The molecule has 0 fully saturated rings. The third-order valence-corrected chi connectivity index (χ3v) is 4.72. The zero-order valence-corrected chi connectivity index (χ0v) is 12.1. The number of thiophene rings is 1. The molecule has 0 amide bonds. The number of aliphatic hydroxyl groups excluding tert-OH is 1. The van der Waals surface area contributed by atoms with Crippen LogP contribution >= 0.6 is 11.3 Å². The van der Waals surface area contributed by atoms with E-state index in [4.69, 9.17) is 5.73 Å². The van der Waals surface area contributed by atoms with Crippen LogP contribution in [-0.4, -0.2) is 18.3 Å². The summed E-state index contributed by atoms with van der Waals surface area (Å²) in [6, 6.07) is 12.5. The number of aliphatic hydroxyl groups is 1. The maximum absolute atomic E-state index is 9.85. The van der Waals surface area contributed by atoms with Gasteiger partial charge in [0, 0.05) is 16.8 Å². The molecule has 2 rings (SSSR count). The zero-order valence-electron chi connectivity index (χ0n) is 11.3. The van der Waals surface area contributed by atoms with Gasteiger partial charge in [0.1, 0.15) is 0 Å². The Kier molecular flexibility index (Phi) is 4.75. The van der Waals surface area contributed by atoms with Gasteiger partial charge >= 0.3 is 0 Å². The van der Waals surface area contributed by atoms with Crippen LogP contribution in [0.25, 0.3) is 0 Å². The predicted molar refractivity (Wildman–Crippen MR) is 81.6 cm³/mol. The van der Waals surface area contributed by atoms with Crippen LogP contribution in [-0.2, 0) is 11.8 Å². The average molecular weight is 275 g/mol. The molecular formula is C16H21NOS. The number of benzene rings is 1. The van der Waals surface area contributed by atoms with Crippen LogP contribution in [0.4, 0.5) is 0 Å². The Morgan fingerprint density at radius 3 is 2.47 bits per heavy atom. The summed E-state index contributed by atoms with van der Waals surface area (Å²) < 4.78 is 0. The lowest BCUT2D eigenvalue weighted by molar-refractivity contribution is 0.188. The van der Waals surface area contributed by atoms with Crippen LogP contribution in [0.15, 0.2) is 41.8 Å². The highest BCUT2D eigenvalue weighted by molar-refractivity contribution is 7.09. The summed E-state index contributed by atoms with van der Waals surface area (Å²) in [4.78, 5) is 1.35. The van der Waals surface area contributed by atoms with Crippen LogP contribution in [0.5, 0.6) is 0 Å². The van der Waals surface area contributed by atoms with E-state index in [1.165, 1.54) is 10.4 Å². The van der Waals surface area contributed by atoms with Gasteiger partial charge in [-0.3, -0.25) is 0 Å². The van der Waals surface area contributed by atoms with Crippen molar-refractivity contribution in [3.05, 3.63) is 57.8 Å². The third kappa shape index (κ3) is 3.24. The third-order valence-electron chi connectivity index (χ3n) is 3.79. The summed E-state index contributed by atoms with van der Waals surface area (Å²) >= 11 is 1.76. The molecule has 1 aromatic heterocycles. The highest BCUT2D eigenvalue weighted by Gasteiger charge is 2.29. The number of nitrogens with two attached hydrogens (primary N) is 1. The highest BCUT2D eigenvalue weighted by Crippen LogP contribution is 2.29. The fourth-order valence-electron chi connectivity index (χ4n) is 2.32. The second-order valence-corrected chi connectivity index (χ2v) is 6.12. The molecule has 0 bridgehead atoms. The largest absolute Gasteiger partial charge is 0.395 e. The van der Waals surface area contributed by atoms with Gasteiger partial charge in [0.25, 0.3) is 0 Å². The van der Waals surface area contributed by atoms with Gasteiger partial charge in [0.2, 0.25) is 0 Å². The van der Waals surface area contributed by atoms with Gasteiger partial charge < -0.3 is 10.8 Å². The molecule has 0 spiro atoms. The molecule has 3 N–H and O–H groups in total. The van der Waals surface area contributed by atoms with E-state index < -0.39 is 0 Å². The van der Waals surface area contributed by atoms with E-state index in [9.17, 15) is 5.11 Å². The van der Waals surface area contributed by atoms with Gasteiger partial charge in [0.05, 0.1) is 6.61 Å². The minimum absolute atomic E-state index is 0.0952. The van der Waals surface area contributed by atoms with E-state index in [1.807, 2.05) is 0 Å². The smallest absolute Gasteiger partial charge is 0.0540 e. The Morgan fingerprint density at radius 1 is 1.21 bits per heavy atom. The number of aryl methyl sites for hydroxylation is 2. The summed E-state index contributed by atoms with van der Waals surface area (Å²) in [6.45, 7) is 2.63. The molecule has 3 heteroatoms. The second kappa shape index (κ2) is 6.33.